The molecular weight excluding hydrogens is 366 g/mol. The van der Waals surface area contributed by atoms with Gasteiger partial charge in [0.15, 0.2) is 0 Å². The Morgan fingerprint density at radius 2 is 2.00 bits per heavy atom. The van der Waals surface area contributed by atoms with Gasteiger partial charge in [0, 0.05) is 49.5 Å². The summed E-state index contributed by atoms with van der Waals surface area (Å²) < 4.78 is 7.39. The maximum Gasteiger partial charge on any atom is 0.321 e. The van der Waals surface area contributed by atoms with Crippen molar-refractivity contribution in [3.05, 3.63) is 72.1 Å². The molecule has 152 valence electrons. The van der Waals surface area contributed by atoms with Gasteiger partial charge in [0.1, 0.15) is 5.75 Å². The van der Waals surface area contributed by atoms with E-state index in [1.165, 1.54) is 0 Å². The monoisotopic (exact) mass is 393 g/mol. The molecule has 29 heavy (non-hydrogen) atoms. The van der Waals surface area contributed by atoms with Gasteiger partial charge in [-0.3, -0.25) is 9.58 Å². The Hall–Kier alpha value is -3.48. The van der Waals surface area contributed by atoms with Gasteiger partial charge in [-0.25, -0.2) is 4.79 Å². The highest BCUT2D eigenvalue weighted by atomic mass is 16.5. The molecule has 1 atom stereocenters. The third-order valence-corrected chi connectivity index (χ3v) is 4.85. The van der Waals surface area contributed by atoms with Crippen LogP contribution in [-0.2, 0) is 6.54 Å². The van der Waals surface area contributed by atoms with E-state index in [0.29, 0.717) is 6.54 Å². The fourth-order valence-electron chi connectivity index (χ4n) is 3.16. The van der Waals surface area contributed by atoms with E-state index in [0.717, 1.165) is 28.3 Å². The van der Waals surface area contributed by atoms with Crippen LogP contribution < -0.4 is 20.3 Å². The van der Waals surface area contributed by atoms with Gasteiger partial charge in [-0.2, -0.15) is 5.10 Å². The SMILES string of the molecule is CNC(=O)N(C)c1ccc(NC(C)c2ccc(OC)c(Cn3cccn3)c2)cc1. The molecule has 1 aromatic heterocycles. The molecular formula is C22H27N5O2. The number of nitrogens with zero attached hydrogens (tertiary/aromatic N) is 3. The van der Waals surface area contributed by atoms with E-state index in [1.54, 1.807) is 32.3 Å². The summed E-state index contributed by atoms with van der Waals surface area (Å²) in [7, 11) is 5.04. The van der Waals surface area contributed by atoms with Crippen LogP contribution in [0.3, 0.4) is 0 Å². The van der Waals surface area contributed by atoms with E-state index in [4.69, 9.17) is 4.74 Å². The number of hydrogen-bond donors (Lipinski definition) is 2. The number of carbonyl (C=O) groups excluding carboxylic acids is 1. The predicted octanol–water partition coefficient (Wildman–Crippen LogP) is 3.89. The normalized spacial score (nSPS) is 11.6. The largest absolute Gasteiger partial charge is 0.496 e. The van der Waals surface area contributed by atoms with Crippen molar-refractivity contribution in [1.29, 1.82) is 0 Å². The fraction of sp³-hybridized carbons (Fsp3) is 0.273. The number of amides is 2. The molecule has 1 unspecified atom stereocenters. The topological polar surface area (TPSA) is 71.4 Å². The first-order chi connectivity index (χ1) is 14.0. The Morgan fingerprint density at radius 1 is 1.24 bits per heavy atom. The Balaban J connectivity index is 1.73. The lowest BCUT2D eigenvalue weighted by atomic mass is 10.0. The van der Waals surface area contributed by atoms with E-state index in [9.17, 15) is 4.79 Å². The lowest BCUT2D eigenvalue weighted by Gasteiger charge is -2.20. The quantitative estimate of drug-likeness (QED) is 0.639. The summed E-state index contributed by atoms with van der Waals surface area (Å²) in [6.07, 6.45) is 3.71. The van der Waals surface area contributed by atoms with E-state index in [-0.39, 0.29) is 12.1 Å². The summed E-state index contributed by atoms with van der Waals surface area (Å²) in [6, 6.07) is 15.8. The first-order valence-electron chi connectivity index (χ1n) is 9.48. The van der Waals surface area contributed by atoms with E-state index >= 15 is 0 Å². The number of aromatic nitrogens is 2. The molecule has 7 heteroatoms. The maximum atomic E-state index is 11.7. The minimum atomic E-state index is -0.151. The minimum absolute atomic E-state index is 0.0970. The lowest BCUT2D eigenvalue weighted by Crippen LogP contribution is -2.34. The first kappa shape index (κ1) is 20.3. The Morgan fingerprint density at radius 3 is 2.62 bits per heavy atom. The molecule has 0 fully saturated rings. The van der Waals surface area contributed by atoms with Crippen molar-refractivity contribution in [2.24, 2.45) is 0 Å². The summed E-state index contributed by atoms with van der Waals surface area (Å²) in [6.45, 7) is 2.77. The Bertz CT molecular complexity index is 938. The average Bonchev–Trinajstić information content (AvgIpc) is 3.26. The van der Waals surface area contributed by atoms with Crippen molar-refractivity contribution >= 4 is 17.4 Å². The number of methoxy groups -OCH3 is 1. The highest BCUT2D eigenvalue weighted by molar-refractivity contribution is 5.91. The zero-order valence-electron chi connectivity index (χ0n) is 17.2. The Labute approximate surface area is 171 Å². The van der Waals surface area contributed by atoms with Gasteiger partial charge in [0.25, 0.3) is 0 Å². The van der Waals surface area contributed by atoms with Crippen LogP contribution in [0, 0.1) is 0 Å². The highest BCUT2D eigenvalue weighted by Gasteiger charge is 2.12. The van der Waals surface area contributed by atoms with Crippen molar-refractivity contribution in [2.75, 3.05) is 31.4 Å². The van der Waals surface area contributed by atoms with Crippen molar-refractivity contribution < 1.29 is 9.53 Å². The molecule has 0 radical (unpaired) electrons. The molecule has 0 spiro atoms. The summed E-state index contributed by atoms with van der Waals surface area (Å²) >= 11 is 0. The fourth-order valence-corrected chi connectivity index (χ4v) is 3.16. The zero-order valence-corrected chi connectivity index (χ0v) is 17.2. The average molecular weight is 393 g/mol. The molecule has 0 aliphatic carbocycles. The summed E-state index contributed by atoms with van der Waals surface area (Å²) in [4.78, 5) is 13.3. The van der Waals surface area contributed by atoms with Gasteiger partial charge in [-0.1, -0.05) is 6.07 Å². The standard InChI is InChI=1S/C22H27N5O2/c1-16(25-19-7-9-20(10-8-19)26(3)22(28)23-2)17-6-11-21(29-4)18(14-17)15-27-13-5-12-24-27/h5-14,16,25H,15H2,1-4H3,(H,23,28). The molecule has 2 aromatic carbocycles. The predicted molar refractivity (Wildman–Crippen MR) is 116 cm³/mol. The highest BCUT2D eigenvalue weighted by Crippen LogP contribution is 2.27. The molecule has 2 N–H and O–H groups in total. The van der Waals surface area contributed by atoms with Crippen molar-refractivity contribution in [2.45, 2.75) is 19.5 Å². The molecule has 0 aliphatic rings. The molecule has 0 bridgehead atoms. The first-order valence-corrected chi connectivity index (χ1v) is 9.48. The van der Waals surface area contributed by atoms with Gasteiger partial charge in [0.2, 0.25) is 0 Å². The van der Waals surface area contributed by atoms with Crippen LogP contribution in [0.5, 0.6) is 5.75 Å². The number of ether oxygens (including phenoxy) is 1. The number of nitrogens with one attached hydrogen (secondary N) is 2. The van der Waals surface area contributed by atoms with Crippen LogP contribution >= 0.6 is 0 Å². The molecule has 7 nitrogen and oxygen atoms in total. The number of hydrogen-bond acceptors (Lipinski definition) is 4. The van der Waals surface area contributed by atoms with Crippen LogP contribution in [0.25, 0.3) is 0 Å². The van der Waals surface area contributed by atoms with Crippen LogP contribution in [0.1, 0.15) is 24.1 Å². The lowest BCUT2D eigenvalue weighted by molar-refractivity contribution is 0.249. The second kappa shape index (κ2) is 9.14. The van der Waals surface area contributed by atoms with Crippen LogP contribution in [0.2, 0.25) is 0 Å². The van der Waals surface area contributed by atoms with Crippen molar-refractivity contribution in [3.63, 3.8) is 0 Å². The number of benzene rings is 2. The van der Waals surface area contributed by atoms with Gasteiger partial charge in [0.05, 0.1) is 13.7 Å². The minimum Gasteiger partial charge on any atom is -0.496 e. The molecule has 2 amide bonds. The maximum absolute atomic E-state index is 11.7. The van der Waals surface area contributed by atoms with E-state index < -0.39 is 0 Å². The summed E-state index contributed by atoms with van der Waals surface area (Å²) in [5.41, 5.74) is 4.04. The molecule has 0 saturated heterocycles. The number of carbonyl (C=O) groups is 1. The summed E-state index contributed by atoms with van der Waals surface area (Å²) in [5.74, 6) is 0.845. The molecule has 3 rings (SSSR count). The third kappa shape index (κ3) is 4.87. The van der Waals surface area contributed by atoms with Crippen LogP contribution in [-0.4, -0.2) is 37.0 Å². The van der Waals surface area contributed by atoms with E-state index in [2.05, 4.69) is 34.8 Å². The Kier molecular flexibility index (Phi) is 6.39. The molecule has 3 aromatic rings. The van der Waals surface area contributed by atoms with E-state index in [1.807, 2.05) is 47.3 Å². The molecule has 0 aliphatic heterocycles. The second-order valence-corrected chi connectivity index (χ2v) is 6.80. The van der Waals surface area contributed by atoms with Crippen LogP contribution in [0.15, 0.2) is 60.9 Å². The third-order valence-electron chi connectivity index (χ3n) is 4.85. The second-order valence-electron chi connectivity index (χ2n) is 6.80. The number of rotatable bonds is 7. The van der Waals surface area contributed by atoms with Gasteiger partial charge >= 0.3 is 6.03 Å². The van der Waals surface area contributed by atoms with Crippen molar-refractivity contribution in [3.8, 4) is 5.75 Å². The molecule has 1 heterocycles. The smallest absolute Gasteiger partial charge is 0.321 e. The summed E-state index contributed by atoms with van der Waals surface area (Å²) in [5, 5.41) is 10.4. The number of anilines is 2. The number of urea groups is 1. The van der Waals surface area contributed by atoms with Gasteiger partial charge < -0.3 is 15.4 Å². The van der Waals surface area contributed by atoms with Crippen molar-refractivity contribution in [1.82, 2.24) is 15.1 Å². The van der Waals surface area contributed by atoms with Gasteiger partial charge in [-0.15, -0.1) is 0 Å². The van der Waals surface area contributed by atoms with Gasteiger partial charge in [-0.05, 0) is 55.0 Å². The van der Waals surface area contributed by atoms with Crippen LogP contribution in [0.4, 0.5) is 16.2 Å². The zero-order chi connectivity index (χ0) is 20.8. The molecule has 0 saturated carbocycles.